The number of rotatable bonds is 3. The predicted octanol–water partition coefficient (Wildman–Crippen LogP) is 3.36. The number of hydrogen-bond donors (Lipinski definition) is 1. The van der Waals surface area contributed by atoms with Crippen LogP contribution >= 0.6 is 0 Å². The fourth-order valence-corrected chi connectivity index (χ4v) is 2.42. The van der Waals surface area contributed by atoms with E-state index in [1.165, 1.54) is 19.3 Å². The van der Waals surface area contributed by atoms with Crippen LogP contribution in [0, 0.1) is 11.8 Å². The summed E-state index contributed by atoms with van der Waals surface area (Å²) < 4.78 is 0. The maximum Gasteiger partial charge on any atom is 0.0650 e. The lowest BCUT2D eigenvalue weighted by Crippen LogP contribution is -2.34. The second-order valence-corrected chi connectivity index (χ2v) is 5.36. The smallest absolute Gasteiger partial charge is 0.0650 e. The predicted molar refractivity (Wildman–Crippen MR) is 56.7 cm³/mol. The Kier molecular flexibility index (Phi) is 3.78. The highest BCUT2D eigenvalue weighted by atomic mass is 16.3. The summed E-state index contributed by atoms with van der Waals surface area (Å²) in [7, 11) is 0. The van der Waals surface area contributed by atoms with Gasteiger partial charge in [-0.25, -0.2) is 0 Å². The lowest BCUT2D eigenvalue weighted by molar-refractivity contribution is -0.0238. The molecule has 1 nitrogen and oxygen atoms in total. The molecule has 0 amide bonds. The first-order valence-corrected chi connectivity index (χ1v) is 5.74. The minimum atomic E-state index is -0.318. The largest absolute Gasteiger partial charge is 0.390 e. The molecule has 0 radical (unpaired) electrons. The van der Waals surface area contributed by atoms with Gasteiger partial charge >= 0.3 is 0 Å². The van der Waals surface area contributed by atoms with Gasteiger partial charge in [0.15, 0.2) is 0 Å². The average Bonchev–Trinajstić information content (AvgIpc) is 2.01. The van der Waals surface area contributed by atoms with Crippen LogP contribution in [0.5, 0.6) is 0 Å². The molecular weight excluding hydrogens is 160 g/mol. The Bertz CT molecular complexity index is 153. The maximum absolute atomic E-state index is 10.3. The Morgan fingerprint density at radius 2 is 2.15 bits per heavy atom. The van der Waals surface area contributed by atoms with Gasteiger partial charge in [-0.15, -0.1) is 0 Å². The second-order valence-electron chi connectivity index (χ2n) is 5.36. The van der Waals surface area contributed by atoms with Crippen molar-refractivity contribution in [3.63, 3.8) is 0 Å². The standard InChI is InChI=1S/C12H24O/c1-10(2)6-8-12(13)7-4-5-11(3)9-12/h10-11,13H,4-9H2,1-3H3. The molecule has 1 aliphatic carbocycles. The van der Waals surface area contributed by atoms with Gasteiger partial charge < -0.3 is 5.11 Å². The van der Waals surface area contributed by atoms with E-state index in [0.29, 0.717) is 0 Å². The summed E-state index contributed by atoms with van der Waals surface area (Å²) in [6.45, 7) is 6.73. The Hall–Kier alpha value is -0.0400. The van der Waals surface area contributed by atoms with Crippen LogP contribution < -0.4 is 0 Å². The zero-order valence-corrected chi connectivity index (χ0v) is 9.34. The van der Waals surface area contributed by atoms with Crippen molar-refractivity contribution in [1.82, 2.24) is 0 Å². The lowest BCUT2D eigenvalue weighted by Gasteiger charge is -2.36. The maximum atomic E-state index is 10.3. The normalized spacial score (nSPS) is 35.3. The summed E-state index contributed by atoms with van der Waals surface area (Å²) in [6, 6.07) is 0. The molecule has 2 atom stereocenters. The van der Waals surface area contributed by atoms with Gasteiger partial charge in [-0.2, -0.15) is 0 Å². The van der Waals surface area contributed by atoms with Crippen molar-refractivity contribution in [2.45, 2.75) is 64.9 Å². The quantitative estimate of drug-likeness (QED) is 0.713. The van der Waals surface area contributed by atoms with E-state index in [0.717, 1.165) is 31.1 Å². The van der Waals surface area contributed by atoms with Crippen molar-refractivity contribution < 1.29 is 5.11 Å². The van der Waals surface area contributed by atoms with E-state index in [1.54, 1.807) is 0 Å². The zero-order chi connectivity index (χ0) is 9.90. The fraction of sp³-hybridized carbons (Fsp3) is 1.00. The van der Waals surface area contributed by atoms with Crippen molar-refractivity contribution in [2.75, 3.05) is 0 Å². The van der Waals surface area contributed by atoms with Gasteiger partial charge in [0, 0.05) is 0 Å². The van der Waals surface area contributed by atoms with Crippen LogP contribution in [0.1, 0.15) is 59.3 Å². The molecule has 1 aliphatic rings. The van der Waals surface area contributed by atoms with E-state index in [-0.39, 0.29) is 5.60 Å². The highest BCUT2D eigenvalue weighted by Crippen LogP contribution is 2.35. The highest BCUT2D eigenvalue weighted by Gasteiger charge is 2.31. The van der Waals surface area contributed by atoms with Crippen LogP contribution in [0.4, 0.5) is 0 Å². The molecule has 0 spiro atoms. The van der Waals surface area contributed by atoms with Crippen LogP contribution in [-0.4, -0.2) is 10.7 Å². The fourth-order valence-electron chi connectivity index (χ4n) is 2.42. The van der Waals surface area contributed by atoms with E-state index >= 15 is 0 Å². The van der Waals surface area contributed by atoms with Crippen molar-refractivity contribution in [1.29, 1.82) is 0 Å². The molecule has 13 heavy (non-hydrogen) atoms. The van der Waals surface area contributed by atoms with Gasteiger partial charge in [-0.1, -0.05) is 33.6 Å². The van der Waals surface area contributed by atoms with Gasteiger partial charge in [0.05, 0.1) is 5.60 Å². The summed E-state index contributed by atoms with van der Waals surface area (Å²) in [6.07, 6.45) is 6.77. The van der Waals surface area contributed by atoms with Crippen molar-refractivity contribution in [3.05, 3.63) is 0 Å². The Morgan fingerprint density at radius 1 is 1.46 bits per heavy atom. The van der Waals surface area contributed by atoms with Crippen molar-refractivity contribution in [3.8, 4) is 0 Å². The molecule has 0 aromatic rings. The van der Waals surface area contributed by atoms with Gasteiger partial charge in [0.2, 0.25) is 0 Å². The van der Waals surface area contributed by atoms with Crippen LogP contribution in [0.15, 0.2) is 0 Å². The summed E-state index contributed by atoms with van der Waals surface area (Å²) in [5.41, 5.74) is -0.318. The SMILES string of the molecule is CC(C)CCC1(O)CCCC(C)C1. The van der Waals surface area contributed by atoms with Crippen LogP contribution in [0.2, 0.25) is 0 Å². The first kappa shape index (κ1) is 11.0. The molecule has 1 N–H and O–H groups in total. The summed E-state index contributed by atoms with van der Waals surface area (Å²) in [5.74, 6) is 1.45. The molecule has 0 aliphatic heterocycles. The number of hydrogen-bond acceptors (Lipinski definition) is 1. The molecule has 0 aromatic carbocycles. The molecule has 1 saturated carbocycles. The van der Waals surface area contributed by atoms with Gasteiger partial charge in [0.25, 0.3) is 0 Å². The monoisotopic (exact) mass is 184 g/mol. The Morgan fingerprint density at radius 3 is 2.69 bits per heavy atom. The van der Waals surface area contributed by atoms with Crippen molar-refractivity contribution >= 4 is 0 Å². The molecule has 78 valence electrons. The first-order chi connectivity index (χ1) is 6.02. The number of aliphatic hydroxyl groups is 1. The third-order valence-corrected chi connectivity index (χ3v) is 3.25. The topological polar surface area (TPSA) is 20.2 Å². The molecule has 1 fully saturated rings. The highest BCUT2D eigenvalue weighted by molar-refractivity contribution is 4.85. The average molecular weight is 184 g/mol. The molecular formula is C12H24O. The van der Waals surface area contributed by atoms with Gasteiger partial charge in [-0.05, 0) is 37.5 Å². The van der Waals surface area contributed by atoms with Crippen LogP contribution in [0.3, 0.4) is 0 Å². The molecule has 0 heterocycles. The zero-order valence-electron chi connectivity index (χ0n) is 9.34. The lowest BCUT2D eigenvalue weighted by atomic mass is 9.76. The molecule has 0 bridgehead atoms. The van der Waals surface area contributed by atoms with Crippen LogP contribution in [-0.2, 0) is 0 Å². The minimum absolute atomic E-state index is 0.318. The Labute approximate surface area is 82.5 Å². The third-order valence-electron chi connectivity index (χ3n) is 3.25. The molecule has 1 rings (SSSR count). The first-order valence-electron chi connectivity index (χ1n) is 5.74. The van der Waals surface area contributed by atoms with E-state index in [4.69, 9.17) is 0 Å². The van der Waals surface area contributed by atoms with Crippen LogP contribution in [0.25, 0.3) is 0 Å². The molecule has 0 aromatic heterocycles. The summed E-state index contributed by atoms with van der Waals surface area (Å²) in [5, 5.41) is 10.3. The molecule has 1 heteroatoms. The van der Waals surface area contributed by atoms with Gasteiger partial charge in [-0.3, -0.25) is 0 Å². The summed E-state index contributed by atoms with van der Waals surface area (Å²) >= 11 is 0. The van der Waals surface area contributed by atoms with Gasteiger partial charge in [0.1, 0.15) is 0 Å². The summed E-state index contributed by atoms with van der Waals surface area (Å²) in [4.78, 5) is 0. The molecule has 2 unspecified atom stereocenters. The molecule has 0 saturated heterocycles. The minimum Gasteiger partial charge on any atom is -0.390 e. The van der Waals surface area contributed by atoms with E-state index < -0.39 is 0 Å². The van der Waals surface area contributed by atoms with Crippen molar-refractivity contribution in [2.24, 2.45) is 11.8 Å². The Balaban J connectivity index is 2.35. The van der Waals surface area contributed by atoms with E-state index in [2.05, 4.69) is 20.8 Å². The third kappa shape index (κ3) is 3.68. The van der Waals surface area contributed by atoms with E-state index in [1.807, 2.05) is 0 Å². The van der Waals surface area contributed by atoms with E-state index in [9.17, 15) is 5.11 Å². The second kappa shape index (κ2) is 4.45.